The van der Waals surface area contributed by atoms with Crippen LogP contribution < -0.4 is 4.74 Å². The van der Waals surface area contributed by atoms with Gasteiger partial charge < -0.3 is 14.5 Å². The Morgan fingerprint density at radius 1 is 1.27 bits per heavy atom. The summed E-state index contributed by atoms with van der Waals surface area (Å²) in [4.78, 5) is 21.6. The van der Waals surface area contributed by atoms with Crippen molar-refractivity contribution in [2.24, 2.45) is 0 Å². The first-order chi connectivity index (χ1) is 14.6. The molecule has 0 saturated carbocycles. The summed E-state index contributed by atoms with van der Waals surface area (Å²) in [7, 11) is 1.58. The van der Waals surface area contributed by atoms with Crippen molar-refractivity contribution in [2.75, 3.05) is 33.4 Å². The second-order valence-electron chi connectivity index (χ2n) is 7.17. The lowest BCUT2D eigenvalue weighted by Gasteiger charge is -2.24. The van der Waals surface area contributed by atoms with E-state index in [1.807, 2.05) is 13.0 Å². The Balaban J connectivity index is 1.63. The Morgan fingerprint density at radius 3 is 2.87 bits per heavy atom. The van der Waals surface area contributed by atoms with E-state index in [-0.39, 0.29) is 11.8 Å². The Bertz CT molecular complexity index is 1110. The van der Waals surface area contributed by atoms with E-state index in [0.717, 1.165) is 35.3 Å². The minimum atomic E-state index is -0.316. The predicted molar refractivity (Wildman–Crippen MR) is 114 cm³/mol. The van der Waals surface area contributed by atoms with Crippen molar-refractivity contribution in [3.63, 3.8) is 0 Å². The minimum absolute atomic E-state index is 0.196. The van der Waals surface area contributed by atoms with Crippen LogP contribution in [0.1, 0.15) is 19.0 Å². The van der Waals surface area contributed by atoms with E-state index in [1.54, 1.807) is 19.4 Å². The monoisotopic (exact) mass is 409 g/mol. The molecule has 1 aliphatic rings. The number of hydrogen-bond donors (Lipinski definition) is 1. The summed E-state index contributed by atoms with van der Waals surface area (Å²) in [5, 5.41) is 0.909. The highest BCUT2D eigenvalue weighted by molar-refractivity contribution is 5.96. The maximum atomic E-state index is 13.9. The molecule has 0 aliphatic carbocycles. The average molecular weight is 409 g/mol. The van der Waals surface area contributed by atoms with Crippen molar-refractivity contribution in [2.45, 2.75) is 13.3 Å². The molecule has 0 bridgehead atoms. The molecule has 4 rings (SSSR count). The van der Waals surface area contributed by atoms with Gasteiger partial charge in [0.2, 0.25) is 0 Å². The van der Waals surface area contributed by atoms with Crippen LogP contribution in [0.4, 0.5) is 4.39 Å². The van der Waals surface area contributed by atoms with Crippen LogP contribution in [0.15, 0.2) is 42.6 Å². The lowest BCUT2D eigenvalue weighted by atomic mass is 10.0. The van der Waals surface area contributed by atoms with Gasteiger partial charge in [-0.3, -0.25) is 9.69 Å². The van der Waals surface area contributed by atoms with E-state index in [1.165, 1.54) is 17.7 Å². The maximum absolute atomic E-state index is 13.9. The number of esters is 1. The second kappa shape index (κ2) is 8.67. The number of fused-ring (bicyclic) bond motifs is 1. The number of methoxy groups -OCH3 is 1. The minimum Gasteiger partial charge on any atom is -0.496 e. The fraction of sp³-hybridized carbons (Fsp3) is 0.304. The molecule has 0 fully saturated rings. The first-order valence-electron chi connectivity index (χ1n) is 9.98. The number of benzene rings is 1. The van der Waals surface area contributed by atoms with Gasteiger partial charge in [-0.1, -0.05) is 6.08 Å². The van der Waals surface area contributed by atoms with Crippen LogP contribution in [-0.4, -0.2) is 54.2 Å². The summed E-state index contributed by atoms with van der Waals surface area (Å²) in [5.41, 5.74) is 4.44. The number of rotatable bonds is 6. The number of hydrogen-bond acceptors (Lipinski definition) is 5. The van der Waals surface area contributed by atoms with Crippen molar-refractivity contribution in [1.82, 2.24) is 14.9 Å². The van der Waals surface area contributed by atoms with E-state index < -0.39 is 0 Å². The lowest BCUT2D eigenvalue weighted by Crippen LogP contribution is -2.34. The molecule has 0 amide bonds. The number of halogens is 1. The number of pyridine rings is 1. The summed E-state index contributed by atoms with van der Waals surface area (Å²) in [6.07, 6.45) is 4.64. The molecule has 30 heavy (non-hydrogen) atoms. The predicted octanol–water partition coefficient (Wildman–Crippen LogP) is 4.03. The van der Waals surface area contributed by atoms with Gasteiger partial charge in [-0.2, -0.15) is 0 Å². The van der Waals surface area contributed by atoms with Crippen molar-refractivity contribution < 1.29 is 18.7 Å². The first kappa shape index (κ1) is 20.1. The number of aromatic nitrogens is 2. The SMILES string of the molecule is CCOC(=O)CN1CC=C(c2cc3c(-c4cc(F)ccc4OC)ccnc3[nH]2)CC1. The number of ether oxygens (including phenoxy) is 2. The van der Waals surface area contributed by atoms with E-state index in [2.05, 4.69) is 27.0 Å². The summed E-state index contributed by atoms with van der Waals surface area (Å²) in [5.74, 6) is 0.0965. The molecule has 1 aliphatic heterocycles. The van der Waals surface area contributed by atoms with Crippen LogP contribution in [0.2, 0.25) is 0 Å². The fourth-order valence-corrected chi connectivity index (χ4v) is 3.81. The van der Waals surface area contributed by atoms with Crippen LogP contribution in [0.25, 0.3) is 27.7 Å². The zero-order chi connectivity index (χ0) is 21.1. The van der Waals surface area contributed by atoms with Gasteiger partial charge in [0.25, 0.3) is 0 Å². The van der Waals surface area contributed by atoms with Gasteiger partial charge in [0.05, 0.1) is 20.3 Å². The summed E-state index contributed by atoms with van der Waals surface area (Å²) in [6.45, 7) is 3.97. The summed E-state index contributed by atoms with van der Waals surface area (Å²) >= 11 is 0. The van der Waals surface area contributed by atoms with E-state index in [4.69, 9.17) is 9.47 Å². The first-order valence-corrected chi connectivity index (χ1v) is 9.98. The van der Waals surface area contributed by atoms with Gasteiger partial charge in [-0.25, -0.2) is 9.37 Å². The molecule has 1 aromatic carbocycles. The zero-order valence-corrected chi connectivity index (χ0v) is 17.1. The van der Waals surface area contributed by atoms with Crippen LogP contribution in [0.5, 0.6) is 5.75 Å². The second-order valence-corrected chi connectivity index (χ2v) is 7.17. The van der Waals surface area contributed by atoms with E-state index in [0.29, 0.717) is 31.0 Å². The van der Waals surface area contributed by atoms with Gasteiger partial charge in [0.1, 0.15) is 17.2 Å². The van der Waals surface area contributed by atoms with Crippen molar-refractivity contribution in [3.8, 4) is 16.9 Å². The van der Waals surface area contributed by atoms with Gasteiger partial charge >= 0.3 is 5.97 Å². The summed E-state index contributed by atoms with van der Waals surface area (Å²) in [6, 6.07) is 8.42. The number of nitrogens with one attached hydrogen (secondary N) is 1. The standard InChI is InChI=1S/C23H24FN3O3/c1-3-30-22(28)14-27-10-7-15(8-11-27)20-13-19-17(6-9-25-23(19)26-20)18-12-16(24)4-5-21(18)29-2/h4-7,9,12-13H,3,8,10-11,14H2,1-2H3,(H,25,26). The van der Waals surface area contributed by atoms with Crippen molar-refractivity contribution in [3.05, 3.63) is 54.1 Å². The molecule has 0 atom stereocenters. The smallest absolute Gasteiger partial charge is 0.320 e. The van der Waals surface area contributed by atoms with E-state index >= 15 is 0 Å². The van der Waals surface area contributed by atoms with Gasteiger partial charge in [-0.05, 0) is 54.8 Å². The third-order valence-corrected chi connectivity index (χ3v) is 5.28. The lowest BCUT2D eigenvalue weighted by molar-refractivity contribution is -0.144. The third-order valence-electron chi connectivity index (χ3n) is 5.28. The molecule has 156 valence electrons. The Hall–Kier alpha value is -3.19. The number of carbonyl (C=O) groups excluding carboxylic acids is 1. The van der Waals surface area contributed by atoms with Gasteiger partial charge in [0, 0.05) is 35.9 Å². The fourth-order valence-electron chi connectivity index (χ4n) is 3.81. The quantitative estimate of drug-likeness (QED) is 0.623. The Morgan fingerprint density at radius 2 is 2.13 bits per heavy atom. The zero-order valence-electron chi connectivity index (χ0n) is 17.1. The molecule has 6 nitrogen and oxygen atoms in total. The van der Waals surface area contributed by atoms with Crippen LogP contribution >= 0.6 is 0 Å². The number of nitrogens with zero attached hydrogens (tertiary/aromatic N) is 2. The van der Waals surface area contributed by atoms with Crippen molar-refractivity contribution in [1.29, 1.82) is 0 Å². The highest BCUT2D eigenvalue weighted by Gasteiger charge is 2.19. The molecular weight excluding hydrogens is 385 g/mol. The van der Waals surface area contributed by atoms with Gasteiger partial charge in [-0.15, -0.1) is 0 Å². The number of H-pyrrole nitrogens is 1. The molecule has 1 N–H and O–H groups in total. The molecule has 3 heterocycles. The normalized spacial score (nSPS) is 14.6. The molecular formula is C23H24FN3O3. The molecule has 3 aromatic rings. The average Bonchev–Trinajstić information content (AvgIpc) is 3.19. The molecule has 0 spiro atoms. The van der Waals surface area contributed by atoms with Crippen molar-refractivity contribution >= 4 is 22.6 Å². The number of aromatic amines is 1. The van der Waals surface area contributed by atoms with Crippen LogP contribution in [0, 0.1) is 5.82 Å². The van der Waals surface area contributed by atoms with Gasteiger partial charge in [0.15, 0.2) is 0 Å². The Labute approximate surface area is 174 Å². The van der Waals surface area contributed by atoms with E-state index in [9.17, 15) is 9.18 Å². The molecule has 0 saturated heterocycles. The highest BCUT2D eigenvalue weighted by Crippen LogP contribution is 2.36. The molecule has 0 unspecified atom stereocenters. The largest absolute Gasteiger partial charge is 0.496 e. The van der Waals surface area contributed by atoms with Crippen LogP contribution in [0.3, 0.4) is 0 Å². The molecule has 2 aromatic heterocycles. The number of carbonyl (C=O) groups is 1. The summed E-state index contributed by atoms with van der Waals surface area (Å²) < 4.78 is 24.4. The third kappa shape index (κ3) is 4.07. The molecule has 7 heteroatoms. The molecule has 0 radical (unpaired) electrons. The van der Waals surface area contributed by atoms with Crippen LogP contribution in [-0.2, 0) is 9.53 Å². The highest BCUT2D eigenvalue weighted by atomic mass is 19.1. The maximum Gasteiger partial charge on any atom is 0.320 e. The topological polar surface area (TPSA) is 67.4 Å². The Kier molecular flexibility index (Phi) is 5.81.